The van der Waals surface area contributed by atoms with Crippen molar-refractivity contribution in [1.82, 2.24) is 4.57 Å². The Morgan fingerprint density at radius 2 is 1.90 bits per heavy atom. The standard InChI is InChI=1S/C14H14FN3O2/c1-17(12-5-2-10(15)3-6-12)14(20)9-18-8-11(16)4-7-13(18)19/h2-8H,9,16H2,1H3. The van der Waals surface area contributed by atoms with Gasteiger partial charge in [-0.05, 0) is 30.3 Å². The van der Waals surface area contributed by atoms with Gasteiger partial charge in [0, 0.05) is 30.7 Å². The van der Waals surface area contributed by atoms with Crippen molar-refractivity contribution in [3.8, 4) is 0 Å². The van der Waals surface area contributed by atoms with Gasteiger partial charge in [-0.15, -0.1) is 0 Å². The van der Waals surface area contributed by atoms with Crippen molar-refractivity contribution in [2.45, 2.75) is 6.54 Å². The van der Waals surface area contributed by atoms with Crippen molar-refractivity contribution in [1.29, 1.82) is 0 Å². The molecule has 1 heterocycles. The second-order valence-electron chi connectivity index (χ2n) is 4.36. The molecular formula is C14H14FN3O2. The fourth-order valence-electron chi connectivity index (χ4n) is 1.73. The van der Waals surface area contributed by atoms with Crippen LogP contribution in [0.3, 0.4) is 0 Å². The maximum absolute atomic E-state index is 12.8. The molecule has 0 saturated carbocycles. The first-order valence-corrected chi connectivity index (χ1v) is 5.95. The summed E-state index contributed by atoms with van der Waals surface area (Å²) >= 11 is 0. The van der Waals surface area contributed by atoms with Crippen molar-refractivity contribution < 1.29 is 9.18 Å². The molecule has 0 spiro atoms. The molecule has 0 bridgehead atoms. The molecule has 0 saturated heterocycles. The molecular weight excluding hydrogens is 261 g/mol. The Kier molecular flexibility index (Phi) is 3.84. The molecule has 2 rings (SSSR count). The highest BCUT2D eigenvalue weighted by atomic mass is 19.1. The van der Waals surface area contributed by atoms with Crippen LogP contribution < -0.4 is 16.2 Å². The summed E-state index contributed by atoms with van der Waals surface area (Å²) in [6.45, 7) is -0.127. The Morgan fingerprint density at radius 3 is 2.55 bits per heavy atom. The highest BCUT2D eigenvalue weighted by Gasteiger charge is 2.12. The van der Waals surface area contributed by atoms with Gasteiger partial charge in [0.25, 0.3) is 5.56 Å². The number of pyridine rings is 1. The van der Waals surface area contributed by atoms with E-state index in [-0.39, 0.29) is 23.8 Å². The SMILES string of the molecule is CN(C(=O)Cn1cc(N)ccc1=O)c1ccc(F)cc1. The average molecular weight is 275 g/mol. The second kappa shape index (κ2) is 5.56. The van der Waals surface area contributed by atoms with Gasteiger partial charge in [0.15, 0.2) is 0 Å². The fraction of sp³-hybridized carbons (Fsp3) is 0.143. The molecule has 1 amide bonds. The van der Waals surface area contributed by atoms with Gasteiger partial charge in [-0.3, -0.25) is 9.59 Å². The number of aromatic nitrogens is 1. The van der Waals surface area contributed by atoms with Crippen LogP contribution in [0.1, 0.15) is 0 Å². The molecule has 0 aliphatic heterocycles. The summed E-state index contributed by atoms with van der Waals surface area (Å²) in [5.74, 6) is -0.675. The average Bonchev–Trinajstić information content (AvgIpc) is 2.43. The lowest BCUT2D eigenvalue weighted by Crippen LogP contribution is -2.33. The van der Waals surface area contributed by atoms with Crippen LogP contribution in [-0.4, -0.2) is 17.5 Å². The zero-order chi connectivity index (χ0) is 14.7. The topological polar surface area (TPSA) is 68.3 Å². The van der Waals surface area contributed by atoms with Crippen LogP contribution >= 0.6 is 0 Å². The van der Waals surface area contributed by atoms with Crippen LogP contribution in [-0.2, 0) is 11.3 Å². The third kappa shape index (κ3) is 3.03. The molecule has 0 radical (unpaired) electrons. The number of nitrogen functional groups attached to an aromatic ring is 1. The fourth-order valence-corrected chi connectivity index (χ4v) is 1.73. The number of hydrogen-bond acceptors (Lipinski definition) is 3. The first-order chi connectivity index (χ1) is 9.47. The normalized spacial score (nSPS) is 10.3. The molecule has 2 N–H and O–H groups in total. The lowest BCUT2D eigenvalue weighted by Gasteiger charge is -2.18. The van der Waals surface area contributed by atoms with E-state index in [9.17, 15) is 14.0 Å². The molecule has 0 fully saturated rings. The molecule has 0 aliphatic rings. The van der Waals surface area contributed by atoms with Gasteiger partial charge in [0.05, 0.1) is 0 Å². The van der Waals surface area contributed by atoms with Crippen LogP contribution in [0, 0.1) is 5.82 Å². The molecule has 1 aromatic heterocycles. The quantitative estimate of drug-likeness (QED) is 0.916. The van der Waals surface area contributed by atoms with Crippen LogP contribution in [0.5, 0.6) is 0 Å². The summed E-state index contributed by atoms with van der Waals surface area (Å²) < 4.78 is 14.1. The van der Waals surface area contributed by atoms with Gasteiger partial charge in [0.1, 0.15) is 12.4 Å². The molecule has 1 aromatic carbocycles. The Hall–Kier alpha value is -2.63. The van der Waals surface area contributed by atoms with E-state index in [1.165, 1.54) is 52.1 Å². The summed E-state index contributed by atoms with van der Waals surface area (Å²) in [6.07, 6.45) is 1.42. The summed E-state index contributed by atoms with van der Waals surface area (Å²) in [4.78, 5) is 25.0. The van der Waals surface area contributed by atoms with Crippen LogP contribution in [0.25, 0.3) is 0 Å². The predicted octanol–water partition coefficient (Wildman–Crippen LogP) is 1.23. The number of likely N-dealkylation sites (N-methyl/N-ethyl adjacent to an activating group) is 1. The van der Waals surface area contributed by atoms with E-state index in [4.69, 9.17) is 5.73 Å². The van der Waals surface area contributed by atoms with Gasteiger partial charge in [0.2, 0.25) is 5.91 Å². The molecule has 0 atom stereocenters. The van der Waals surface area contributed by atoms with Gasteiger partial charge < -0.3 is 15.2 Å². The van der Waals surface area contributed by atoms with Gasteiger partial charge in [-0.1, -0.05) is 0 Å². The molecule has 20 heavy (non-hydrogen) atoms. The van der Waals surface area contributed by atoms with Crippen LogP contribution in [0.2, 0.25) is 0 Å². The Morgan fingerprint density at radius 1 is 1.25 bits per heavy atom. The zero-order valence-corrected chi connectivity index (χ0v) is 10.9. The maximum Gasteiger partial charge on any atom is 0.251 e. The van der Waals surface area contributed by atoms with E-state index in [2.05, 4.69) is 0 Å². The smallest absolute Gasteiger partial charge is 0.251 e. The first-order valence-electron chi connectivity index (χ1n) is 5.95. The number of rotatable bonds is 3. The molecule has 0 unspecified atom stereocenters. The molecule has 6 heteroatoms. The summed E-state index contributed by atoms with van der Waals surface area (Å²) in [6, 6.07) is 8.32. The van der Waals surface area contributed by atoms with E-state index < -0.39 is 0 Å². The maximum atomic E-state index is 12.8. The Balaban J connectivity index is 2.17. The van der Waals surface area contributed by atoms with Crippen LogP contribution in [0.15, 0.2) is 47.4 Å². The van der Waals surface area contributed by atoms with Crippen LogP contribution in [0.4, 0.5) is 15.8 Å². The minimum absolute atomic E-state index is 0.127. The molecule has 5 nitrogen and oxygen atoms in total. The Bertz CT molecular complexity index is 680. The minimum atomic E-state index is -0.373. The lowest BCUT2D eigenvalue weighted by atomic mass is 10.3. The Labute approximate surface area is 115 Å². The summed E-state index contributed by atoms with van der Waals surface area (Å²) in [7, 11) is 1.56. The third-order valence-corrected chi connectivity index (χ3v) is 2.90. The van der Waals surface area contributed by atoms with E-state index in [1.54, 1.807) is 7.05 Å². The van der Waals surface area contributed by atoms with Crippen molar-refractivity contribution in [2.75, 3.05) is 17.7 Å². The van der Waals surface area contributed by atoms with Gasteiger partial charge in [-0.25, -0.2) is 4.39 Å². The number of anilines is 2. The van der Waals surface area contributed by atoms with Gasteiger partial charge in [-0.2, -0.15) is 0 Å². The van der Waals surface area contributed by atoms with Crippen molar-refractivity contribution in [3.05, 3.63) is 58.8 Å². The number of benzene rings is 1. The highest BCUT2D eigenvalue weighted by molar-refractivity contribution is 5.92. The third-order valence-electron chi connectivity index (χ3n) is 2.90. The summed E-state index contributed by atoms with van der Waals surface area (Å²) in [5.41, 5.74) is 6.23. The minimum Gasteiger partial charge on any atom is -0.398 e. The monoisotopic (exact) mass is 275 g/mol. The first kappa shape index (κ1) is 13.8. The number of hydrogen-bond donors (Lipinski definition) is 1. The lowest BCUT2D eigenvalue weighted by molar-refractivity contribution is -0.118. The highest BCUT2D eigenvalue weighted by Crippen LogP contribution is 2.13. The molecule has 104 valence electrons. The van der Waals surface area contributed by atoms with E-state index in [1.807, 2.05) is 0 Å². The van der Waals surface area contributed by atoms with Crippen molar-refractivity contribution in [3.63, 3.8) is 0 Å². The van der Waals surface area contributed by atoms with E-state index >= 15 is 0 Å². The molecule has 0 aliphatic carbocycles. The second-order valence-corrected chi connectivity index (χ2v) is 4.36. The van der Waals surface area contributed by atoms with Gasteiger partial charge >= 0.3 is 0 Å². The predicted molar refractivity (Wildman–Crippen MR) is 74.9 cm³/mol. The molecule has 2 aromatic rings. The number of carbonyl (C=O) groups excluding carboxylic acids is 1. The number of nitrogens with two attached hydrogens (primary N) is 1. The van der Waals surface area contributed by atoms with Crippen molar-refractivity contribution in [2.24, 2.45) is 0 Å². The number of nitrogens with zero attached hydrogens (tertiary/aromatic N) is 2. The number of halogens is 1. The zero-order valence-electron chi connectivity index (χ0n) is 10.9. The number of amides is 1. The van der Waals surface area contributed by atoms with E-state index in [0.29, 0.717) is 11.4 Å². The number of carbonyl (C=O) groups is 1. The largest absolute Gasteiger partial charge is 0.398 e. The van der Waals surface area contributed by atoms with Crippen molar-refractivity contribution >= 4 is 17.3 Å². The summed E-state index contributed by atoms with van der Waals surface area (Å²) in [5, 5.41) is 0. The van der Waals surface area contributed by atoms with E-state index in [0.717, 1.165) is 0 Å².